The molecular weight excluding hydrogens is 457 g/mol. The van der Waals surface area contributed by atoms with E-state index in [0.717, 1.165) is 48.8 Å². The number of aryl methyl sites for hydroxylation is 1. The fourth-order valence-electron chi connectivity index (χ4n) is 3.71. The molecule has 2 aromatic rings. The highest BCUT2D eigenvalue weighted by Gasteiger charge is 2.26. The molecule has 0 atom stereocenters. The van der Waals surface area contributed by atoms with Crippen molar-refractivity contribution in [3.8, 4) is 23.0 Å². The topological polar surface area (TPSA) is 39.9 Å². The first kappa shape index (κ1) is 19.8. The number of fused-ring (bicyclic) bond motifs is 2. The summed E-state index contributed by atoms with van der Waals surface area (Å²) in [5.41, 5.74) is 5.17. The summed E-state index contributed by atoms with van der Waals surface area (Å²) in [6.07, 6.45) is 2.92. The number of likely N-dealkylation sites (N-methyl/N-ethyl adjacent to an activating group) is 1. The van der Waals surface area contributed by atoms with E-state index in [2.05, 4.69) is 35.9 Å². The molecule has 0 bridgehead atoms. The normalized spacial score (nSPS) is 14.5. The number of nitrogens with zero attached hydrogens (tertiary/aromatic N) is 1. The molecule has 0 spiro atoms. The van der Waals surface area contributed by atoms with Gasteiger partial charge in [-0.2, -0.15) is 0 Å². The molecule has 0 amide bonds. The van der Waals surface area contributed by atoms with E-state index in [4.69, 9.17) is 18.9 Å². The van der Waals surface area contributed by atoms with E-state index in [9.17, 15) is 0 Å². The summed E-state index contributed by atoms with van der Waals surface area (Å²) in [7, 11) is 5.53. The van der Waals surface area contributed by atoms with Crippen LogP contribution in [-0.2, 0) is 12.8 Å². The zero-order chi connectivity index (χ0) is 18.1. The first-order chi connectivity index (χ1) is 12.7. The summed E-state index contributed by atoms with van der Waals surface area (Å²) < 4.78 is 24.2. The Morgan fingerprint density at radius 2 is 1.70 bits per heavy atom. The van der Waals surface area contributed by atoms with Crippen LogP contribution in [0.2, 0.25) is 0 Å². The smallest absolute Gasteiger partial charge is 0.231 e. The molecule has 27 heavy (non-hydrogen) atoms. The van der Waals surface area contributed by atoms with E-state index in [0.29, 0.717) is 6.79 Å². The third kappa shape index (κ3) is 3.85. The Balaban J connectivity index is 0.00000210. The minimum atomic E-state index is 0. The lowest BCUT2D eigenvalue weighted by Crippen LogP contribution is -3.00. The van der Waals surface area contributed by atoms with Crippen LogP contribution in [0, 0.1) is 0 Å². The highest BCUT2D eigenvalue weighted by atomic mass is 127. The SMILES string of the molecule is COc1cc2c(cc1OC)C(CCc1ccc3c(c1)OCO3)=[N+](C)CC2.[I-]. The standard InChI is InChI=1S/C21H24NO4.HI/c1-22-9-8-15-11-19(23-2)20(24-3)12-16(15)17(22)6-4-14-5-7-18-21(10-14)26-13-25-18;/h5,7,10-12H,4,6,8-9,13H2,1-3H3;1H/q+1;/p-1. The van der Waals surface area contributed by atoms with Crippen molar-refractivity contribution >= 4 is 5.71 Å². The van der Waals surface area contributed by atoms with Gasteiger partial charge in [0.2, 0.25) is 6.79 Å². The van der Waals surface area contributed by atoms with Crippen LogP contribution in [0.5, 0.6) is 23.0 Å². The molecule has 2 aliphatic heterocycles. The Kier molecular flexibility index (Phi) is 6.14. The average Bonchev–Trinajstić information content (AvgIpc) is 3.14. The monoisotopic (exact) mass is 481 g/mol. The lowest BCUT2D eigenvalue weighted by atomic mass is 9.92. The minimum absolute atomic E-state index is 0. The minimum Gasteiger partial charge on any atom is -1.00 e. The van der Waals surface area contributed by atoms with E-state index < -0.39 is 0 Å². The van der Waals surface area contributed by atoms with Crippen LogP contribution in [0.4, 0.5) is 0 Å². The second-order valence-electron chi connectivity index (χ2n) is 6.67. The molecule has 6 heteroatoms. The molecule has 0 aromatic heterocycles. The van der Waals surface area contributed by atoms with E-state index in [1.165, 1.54) is 22.4 Å². The number of hydrogen-bond donors (Lipinski definition) is 0. The predicted octanol–water partition coefficient (Wildman–Crippen LogP) is 0.0568. The Hall–Kier alpha value is -1.96. The lowest BCUT2D eigenvalue weighted by molar-refractivity contribution is -0.499. The molecule has 2 aliphatic rings. The van der Waals surface area contributed by atoms with Gasteiger partial charge in [-0.05, 0) is 41.8 Å². The Bertz CT molecular complexity index is 879. The van der Waals surface area contributed by atoms with Gasteiger partial charge in [0.15, 0.2) is 28.7 Å². The van der Waals surface area contributed by atoms with Crippen molar-refractivity contribution < 1.29 is 47.5 Å². The van der Waals surface area contributed by atoms with E-state index in [-0.39, 0.29) is 24.0 Å². The summed E-state index contributed by atoms with van der Waals surface area (Å²) in [5.74, 6) is 3.25. The molecule has 0 aliphatic carbocycles. The third-order valence-corrected chi connectivity index (χ3v) is 5.19. The quantitative estimate of drug-likeness (QED) is 0.448. The maximum absolute atomic E-state index is 5.51. The number of hydrogen-bond acceptors (Lipinski definition) is 4. The zero-order valence-corrected chi connectivity index (χ0v) is 18.0. The van der Waals surface area contributed by atoms with Crippen LogP contribution >= 0.6 is 0 Å². The van der Waals surface area contributed by atoms with Gasteiger partial charge >= 0.3 is 0 Å². The van der Waals surface area contributed by atoms with Crippen molar-refractivity contribution in [3.05, 3.63) is 47.0 Å². The highest BCUT2D eigenvalue weighted by Crippen LogP contribution is 2.34. The average molecular weight is 481 g/mol. The predicted molar refractivity (Wildman–Crippen MR) is 99.3 cm³/mol. The lowest BCUT2D eigenvalue weighted by Gasteiger charge is -2.19. The van der Waals surface area contributed by atoms with E-state index in [1.807, 2.05) is 6.07 Å². The van der Waals surface area contributed by atoms with Crippen LogP contribution < -0.4 is 42.9 Å². The molecule has 0 saturated carbocycles. The fraction of sp³-hybridized carbons (Fsp3) is 0.381. The van der Waals surface area contributed by atoms with Crippen LogP contribution in [0.3, 0.4) is 0 Å². The summed E-state index contributed by atoms with van der Waals surface area (Å²) in [4.78, 5) is 0. The third-order valence-electron chi connectivity index (χ3n) is 5.19. The van der Waals surface area contributed by atoms with Gasteiger partial charge in [0, 0.05) is 18.4 Å². The van der Waals surface area contributed by atoms with Crippen LogP contribution in [-0.4, -0.2) is 44.9 Å². The molecule has 2 aromatic carbocycles. The van der Waals surface area contributed by atoms with Crippen LogP contribution in [0.25, 0.3) is 0 Å². The summed E-state index contributed by atoms with van der Waals surface area (Å²) in [6.45, 7) is 1.33. The second kappa shape index (κ2) is 8.37. The number of ether oxygens (including phenoxy) is 4. The second-order valence-corrected chi connectivity index (χ2v) is 6.67. The zero-order valence-electron chi connectivity index (χ0n) is 15.9. The van der Waals surface area contributed by atoms with Crippen LogP contribution in [0.1, 0.15) is 23.1 Å². The van der Waals surface area contributed by atoms with Gasteiger partial charge in [0.25, 0.3) is 0 Å². The van der Waals surface area contributed by atoms with Crippen molar-refractivity contribution in [2.75, 3.05) is 34.6 Å². The van der Waals surface area contributed by atoms with Crippen molar-refractivity contribution in [3.63, 3.8) is 0 Å². The van der Waals surface area contributed by atoms with E-state index >= 15 is 0 Å². The maximum Gasteiger partial charge on any atom is 0.231 e. The molecular formula is C21H24INO4. The van der Waals surface area contributed by atoms with E-state index in [1.54, 1.807) is 14.2 Å². The molecule has 5 nitrogen and oxygen atoms in total. The molecule has 0 radical (unpaired) electrons. The molecule has 0 N–H and O–H groups in total. The van der Waals surface area contributed by atoms with Crippen LogP contribution in [0.15, 0.2) is 30.3 Å². The van der Waals surface area contributed by atoms with Gasteiger partial charge in [-0.15, -0.1) is 0 Å². The van der Waals surface area contributed by atoms with Crippen molar-refractivity contribution in [1.82, 2.24) is 0 Å². The molecule has 2 heterocycles. The van der Waals surface area contributed by atoms with Crippen molar-refractivity contribution in [2.24, 2.45) is 0 Å². The first-order valence-corrected chi connectivity index (χ1v) is 8.90. The number of halogens is 1. The number of methoxy groups -OCH3 is 2. The van der Waals surface area contributed by atoms with Crippen molar-refractivity contribution in [2.45, 2.75) is 19.3 Å². The first-order valence-electron chi connectivity index (χ1n) is 8.90. The summed E-state index contributed by atoms with van der Waals surface area (Å²) >= 11 is 0. The van der Waals surface area contributed by atoms with Gasteiger partial charge in [0.1, 0.15) is 13.6 Å². The van der Waals surface area contributed by atoms with Gasteiger partial charge in [-0.25, -0.2) is 4.58 Å². The van der Waals surface area contributed by atoms with Crippen molar-refractivity contribution in [1.29, 1.82) is 0 Å². The Morgan fingerprint density at radius 1 is 0.963 bits per heavy atom. The molecule has 0 saturated heterocycles. The molecule has 0 unspecified atom stereocenters. The summed E-state index contributed by atoms with van der Waals surface area (Å²) in [6, 6.07) is 10.4. The largest absolute Gasteiger partial charge is 1.00 e. The van der Waals surface area contributed by atoms with Gasteiger partial charge in [0.05, 0.1) is 14.2 Å². The fourth-order valence-corrected chi connectivity index (χ4v) is 3.71. The summed E-state index contributed by atoms with van der Waals surface area (Å²) in [5, 5.41) is 0. The maximum atomic E-state index is 5.51. The molecule has 0 fully saturated rings. The van der Waals surface area contributed by atoms with Gasteiger partial charge in [-0.1, -0.05) is 6.07 Å². The number of rotatable bonds is 5. The highest BCUT2D eigenvalue weighted by molar-refractivity contribution is 5.99. The number of benzene rings is 2. The van der Waals surface area contributed by atoms with Gasteiger partial charge in [-0.3, -0.25) is 0 Å². The Morgan fingerprint density at radius 3 is 2.48 bits per heavy atom. The Labute approximate surface area is 176 Å². The molecule has 4 rings (SSSR count). The molecule has 144 valence electrons. The van der Waals surface area contributed by atoms with Gasteiger partial charge < -0.3 is 42.9 Å².